The predicted molar refractivity (Wildman–Crippen MR) is 89.1 cm³/mol. The molecule has 1 aliphatic heterocycles. The molecule has 1 unspecified atom stereocenters. The Labute approximate surface area is 140 Å². The van der Waals surface area contributed by atoms with Crippen LogP contribution < -0.4 is 4.90 Å². The molecule has 0 amide bonds. The first-order chi connectivity index (χ1) is 11.9. The number of morpholine rings is 1. The summed E-state index contributed by atoms with van der Waals surface area (Å²) in [4.78, 5) is 7.00. The lowest BCUT2D eigenvalue weighted by Gasteiger charge is -2.34. The fraction of sp³-hybridized carbons (Fsp3) is 0.267. The van der Waals surface area contributed by atoms with E-state index in [1.165, 1.54) is 9.33 Å². The third-order valence-corrected chi connectivity index (χ3v) is 5.21. The molecule has 120 valence electrons. The van der Waals surface area contributed by atoms with Crippen LogP contribution in [0.2, 0.25) is 0 Å². The molecule has 0 N–H and O–H groups in total. The predicted octanol–water partition coefficient (Wildman–Crippen LogP) is 1.71. The van der Waals surface area contributed by atoms with Crippen molar-refractivity contribution in [2.75, 3.05) is 24.7 Å². The largest absolute Gasteiger partial charge is 0.377 e. The zero-order chi connectivity index (χ0) is 15.9. The van der Waals surface area contributed by atoms with Gasteiger partial charge in [0.1, 0.15) is 11.0 Å². The molecule has 1 aromatic carbocycles. The monoisotopic (exact) mass is 339 g/mol. The van der Waals surface area contributed by atoms with Crippen molar-refractivity contribution in [3.05, 3.63) is 41.4 Å². The van der Waals surface area contributed by atoms with Gasteiger partial charge < -0.3 is 9.64 Å². The van der Waals surface area contributed by atoms with Crippen molar-refractivity contribution >= 4 is 33.0 Å². The highest BCUT2D eigenvalue weighted by molar-refractivity contribution is 7.18. The maximum absolute atomic E-state index is 5.71. The zero-order valence-electron chi connectivity index (χ0n) is 12.6. The van der Waals surface area contributed by atoms with E-state index in [0.29, 0.717) is 18.9 Å². The van der Waals surface area contributed by atoms with Crippen LogP contribution in [0.4, 0.5) is 5.82 Å². The Bertz CT molecular complexity index is 970. The van der Waals surface area contributed by atoms with E-state index >= 15 is 0 Å². The van der Waals surface area contributed by atoms with Crippen LogP contribution in [0, 0.1) is 0 Å². The molecule has 24 heavy (non-hydrogen) atoms. The molecule has 0 bridgehead atoms. The van der Waals surface area contributed by atoms with E-state index in [9.17, 15) is 0 Å². The second-order valence-corrected chi connectivity index (χ2v) is 6.58. The van der Waals surface area contributed by atoms with E-state index in [1.807, 2.05) is 30.3 Å². The number of fused-ring (bicyclic) bond motifs is 2. The number of hydrogen-bond acceptors (Lipinski definition) is 8. The number of thiazole rings is 1. The number of nitrogens with zero attached hydrogens (tertiary/aromatic N) is 7. The molecule has 0 radical (unpaired) electrons. The third kappa shape index (κ3) is 2.21. The lowest BCUT2D eigenvalue weighted by atomic mass is 10.2. The number of hydrogen-bond donors (Lipinski definition) is 0. The Morgan fingerprint density at radius 1 is 1.17 bits per heavy atom. The van der Waals surface area contributed by atoms with Gasteiger partial charge in [-0.3, -0.25) is 0 Å². The molecule has 5 rings (SSSR count). The summed E-state index contributed by atoms with van der Waals surface area (Å²) in [6, 6.07) is 12.0. The van der Waals surface area contributed by atoms with E-state index in [1.54, 1.807) is 11.3 Å². The van der Waals surface area contributed by atoms with Gasteiger partial charge in [-0.1, -0.05) is 12.1 Å². The summed E-state index contributed by atoms with van der Waals surface area (Å²) in [6.07, 6.45) is 0. The van der Waals surface area contributed by atoms with Gasteiger partial charge in [-0.2, -0.15) is 0 Å². The van der Waals surface area contributed by atoms with Crippen molar-refractivity contribution in [3.8, 4) is 0 Å². The molecular weight excluding hydrogens is 326 g/mol. The maximum Gasteiger partial charge on any atom is 0.200 e. The highest BCUT2D eigenvalue weighted by Gasteiger charge is 2.29. The molecule has 0 spiro atoms. The lowest BCUT2D eigenvalue weighted by molar-refractivity contribution is 0.0935. The van der Waals surface area contributed by atoms with Gasteiger partial charge >= 0.3 is 0 Å². The fourth-order valence-electron chi connectivity index (χ4n) is 2.91. The van der Waals surface area contributed by atoms with Gasteiger partial charge in [0.25, 0.3) is 0 Å². The first kappa shape index (κ1) is 13.8. The second kappa shape index (κ2) is 5.46. The molecule has 4 aromatic rings. The van der Waals surface area contributed by atoms with Crippen LogP contribution in [0.15, 0.2) is 36.4 Å². The normalized spacial score (nSPS) is 18.5. The Kier molecular flexibility index (Phi) is 3.13. The van der Waals surface area contributed by atoms with Crippen molar-refractivity contribution in [2.45, 2.75) is 6.04 Å². The van der Waals surface area contributed by atoms with Gasteiger partial charge in [0.05, 0.1) is 23.4 Å². The van der Waals surface area contributed by atoms with Gasteiger partial charge in [0.2, 0.25) is 0 Å². The van der Waals surface area contributed by atoms with Crippen molar-refractivity contribution in [1.82, 2.24) is 30.2 Å². The Morgan fingerprint density at radius 2 is 2.12 bits per heavy atom. The summed E-state index contributed by atoms with van der Waals surface area (Å²) in [7, 11) is 0. The van der Waals surface area contributed by atoms with Crippen molar-refractivity contribution < 1.29 is 4.74 Å². The Balaban J connectivity index is 1.57. The first-order valence-corrected chi connectivity index (χ1v) is 8.45. The Morgan fingerprint density at radius 3 is 3.08 bits per heavy atom. The summed E-state index contributed by atoms with van der Waals surface area (Å²) in [6.45, 7) is 2.01. The minimum Gasteiger partial charge on any atom is -0.377 e. The van der Waals surface area contributed by atoms with E-state index in [-0.39, 0.29) is 6.04 Å². The van der Waals surface area contributed by atoms with Crippen molar-refractivity contribution in [1.29, 1.82) is 0 Å². The van der Waals surface area contributed by atoms with Crippen LogP contribution in [0.1, 0.15) is 11.0 Å². The van der Waals surface area contributed by atoms with Crippen LogP contribution in [-0.4, -0.2) is 50.0 Å². The lowest BCUT2D eigenvalue weighted by Crippen LogP contribution is -2.40. The van der Waals surface area contributed by atoms with E-state index in [2.05, 4.69) is 31.6 Å². The average molecular weight is 339 g/mol. The molecule has 1 saturated heterocycles. The molecule has 4 heterocycles. The quantitative estimate of drug-likeness (QED) is 0.550. The van der Waals surface area contributed by atoms with Gasteiger partial charge in [0.15, 0.2) is 11.5 Å². The topological polar surface area (TPSA) is 81.3 Å². The van der Waals surface area contributed by atoms with Gasteiger partial charge in [-0.05, 0) is 34.7 Å². The summed E-state index contributed by atoms with van der Waals surface area (Å²) in [5.41, 5.74) is 1.65. The highest BCUT2D eigenvalue weighted by atomic mass is 32.1. The molecular formula is C15H13N7OS. The molecule has 9 heteroatoms. The molecule has 8 nitrogen and oxygen atoms in total. The first-order valence-electron chi connectivity index (χ1n) is 7.64. The summed E-state index contributed by atoms with van der Waals surface area (Å²) in [5, 5.41) is 17.0. The standard InChI is InChI=1S/C15H13N7OS/c1-2-4-12-10(3-1)16-15(24-12)11-9-23-8-7-21(11)14-6-5-13-17-19-20-22(13)18-14/h1-6,11H,7-9H2. The van der Waals surface area contributed by atoms with Gasteiger partial charge in [-0.25, -0.2) is 4.98 Å². The minimum atomic E-state index is 0.0394. The highest BCUT2D eigenvalue weighted by Crippen LogP contribution is 2.33. The number of ether oxygens (including phenoxy) is 1. The number of anilines is 1. The van der Waals surface area contributed by atoms with Crippen LogP contribution in [0.25, 0.3) is 15.9 Å². The van der Waals surface area contributed by atoms with Crippen LogP contribution in [-0.2, 0) is 4.74 Å². The fourth-order valence-corrected chi connectivity index (χ4v) is 3.97. The number of tetrazole rings is 1. The van der Waals surface area contributed by atoms with E-state index in [0.717, 1.165) is 22.9 Å². The maximum atomic E-state index is 5.71. The number of para-hydroxylation sites is 1. The summed E-state index contributed by atoms with van der Waals surface area (Å²) in [5.74, 6) is 0.822. The molecule has 1 aliphatic rings. The van der Waals surface area contributed by atoms with Gasteiger partial charge in [0, 0.05) is 6.54 Å². The summed E-state index contributed by atoms with van der Waals surface area (Å²) < 4.78 is 8.33. The number of rotatable bonds is 2. The van der Waals surface area contributed by atoms with E-state index < -0.39 is 0 Å². The number of benzene rings is 1. The molecule has 0 aliphatic carbocycles. The Hall–Kier alpha value is -2.65. The molecule has 3 aromatic heterocycles. The van der Waals surface area contributed by atoms with Gasteiger partial charge in [-0.15, -0.1) is 26.2 Å². The minimum absolute atomic E-state index is 0.0394. The molecule has 0 saturated carbocycles. The average Bonchev–Trinajstić information content (AvgIpc) is 3.27. The second-order valence-electron chi connectivity index (χ2n) is 5.52. The van der Waals surface area contributed by atoms with Crippen molar-refractivity contribution in [3.63, 3.8) is 0 Å². The third-order valence-electron chi connectivity index (χ3n) is 4.07. The summed E-state index contributed by atoms with van der Waals surface area (Å²) >= 11 is 1.70. The van der Waals surface area contributed by atoms with Crippen LogP contribution in [0.3, 0.4) is 0 Å². The van der Waals surface area contributed by atoms with E-state index in [4.69, 9.17) is 9.72 Å². The SMILES string of the molecule is c1ccc2sc(C3COCCN3c3ccc4nnnn4n3)nc2c1. The van der Waals surface area contributed by atoms with Crippen LogP contribution in [0.5, 0.6) is 0 Å². The smallest absolute Gasteiger partial charge is 0.200 e. The van der Waals surface area contributed by atoms with Crippen LogP contribution >= 0.6 is 11.3 Å². The zero-order valence-corrected chi connectivity index (χ0v) is 13.4. The van der Waals surface area contributed by atoms with Crippen molar-refractivity contribution in [2.24, 2.45) is 0 Å². The molecule has 1 atom stereocenters. The number of aromatic nitrogens is 6. The molecule has 1 fully saturated rings.